The number of aromatic nitrogens is 1. The highest BCUT2D eigenvalue weighted by atomic mass is 16.5. The van der Waals surface area contributed by atoms with Crippen molar-refractivity contribution < 1.29 is 4.74 Å². The van der Waals surface area contributed by atoms with Crippen molar-refractivity contribution in [3.63, 3.8) is 0 Å². The van der Waals surface area contributed by atoms with Crippen molar-refractivity contribution in [3.05, 3.63) is 215 Å². The van der Waals surface area contributed by atoms with E-state index >= 15 is 0 Å². The first-order chi connectivity index (χ1) is 24.8. The van der Waals surface area contributed by atoms with Gasteiger partial charge in [0.05, 0.1) is 22.5 Å². The summed E-state index contributed by atoms with van der Waals surface area (Å²) in [5, 5.41) is 3.71. The molecule has 0 radical (unpaired) electrons. The highest BCUT2D eigenvalue weighted by molar-refractivity contribution is 6.13. The predicted octanol–water partition coefficient (Wildman–Crippen LogP) is 10.3. The van der Waals surface area contributed by atoms with Crippen molar-refractivity contribution >= 4 is 11.4 Å². The Morgan fingerprint density at radius 3 is 1.92 bits per heavy atom. The molecule has 1 aliphatic carbocycles. The summed E-state index contributed by atoms with van der Waals surface area (Å²) in [6.45, 7) is 0. The standard InChI is InChI=1S/C46H31N3O/c1-2-14-30(15-3-1)41-29-42(40-23-12-13-27-47-40)49-45(48-41)35-19-5-4-16-32(35)31-25-26-39-44(28-31)50-43-24-11-10-22-38(43)46(39)36-20-8-6-17-33(36)34-18-7-9-21-37(34)46/h1-29,45,49H. The lowest BCUT2D eigenvalue weighted by Gasteiger charge is -2.39. The van der Waals surface area contributed by atoms with Crippen molar-refractivity contribution in [2.24, 2.45) is 4.99 Å². The van der Waals surface area contributed by atoms with E-state index in [1.54, 1.807) is 0 Å². The third kappa shape index (κ3) is 4.25. The average molecular weight is 642 g/mol. The van der Waals surface area contributed by atoms with Gasteiger partial charge >= 0.3 is 0 Å². The molecule has 4 nitrogen and oxygen atoms in total. The van der Waals surface area contributed by atoms with Crippen LogP contribution in [0.3, 0.4) is 0 Å². The van der Waals surface area contributed by atoms with Gasteiger partial charge in [-0.05, 0) is 69.3 Å². The first-order valence-corrected chi connectivity index (χ1v) is 17.0. The Balaban J connectivity index is 1.14. The van der Waals surface area contributed by atoms with Crippen LogP contribution in [-0.4, -0.2) is 10.7 Å². The van der Waals surface area contributed by atoms with Crippen molar-refractivity contribution in [2.75, 3.05) is 0 Å². The molecular weight excluding hydrogens is 611 g/mol. The van der Waals surface area contributed by atoms with Crippen molar-refractivity contribution in [3.8, 4) is 33.8 Å². The van der Waals surface area contributed by atoms with Crippen LogP contribution in [0.15, 0.2) is 181 Å². The molecule has 3 aliphatic rings. The van der Waals surface area contributed by atoms with E-state index in [2.05, 4.69) is 156 Å². The Morgan fingerprint density at radius 1 is 0.520 bits per heavy atom. The van der Waals surface area contributed by atoms with Gasteiger partial charge in [0, 0.05) is 22.9 Å². The second-order valence-corrected chi connectivity index (χ2v) is 12.9. The second-order valence-electron chi connectivity index (χ2n) is 12.9. The molecule has 1 N–H and O–H groups in total. The zero-order chi connectivity index (χ0) is 33.1. The van der Waals surface area contributed by atoms with Gasteiger partial charge in [-0.3, -0.25) is 9.98 Å². The summed E-state index contributed by atoms with van der Waals surface area (Å²) in [6, 6.07) is 57.8. The van der Waals surface area contributed by atoms with E-state index in [-0.39, 0.29) is 6.17 Å². The molecule has 7 aromatic rings. The number of ether oxygens (including phenoxy) is 1. The van der Waals surface area contributed by atoms with Gasteiger partial charge in [-0.25, -0.2) is 0 Å². The van der Waals surface area contributed by atoms with E-state index in [1.165, 1.54) is 27.8 Å². The fourth-order valence-electron chi connectivity index (χ4n) is 8.15. The molecule has 2 aliphatic heterocycles. The van der Waals surface area contributed by atoms with Crippen LogP contribution in [0, 0.1) is 0 Å². The molecule has 0 saturated carbocycles. The molecule has 0 fully saturated rings. The Bertz CT molecular complexity index is 2450. The minimum Gasteiger partial charge on any atom is -0.457 e. The lowest BCUT2D eigenvalue weighted by atomic mass is 9.66. The number of hydrogen-bond acceptors (Lipinski definition) is 4. The predicted molar refractivity (Wildman–Crippen MR) is 200 cm³/mol. The van der Waals surface area contributed by atoms with E-state index in [1.807, 2.05) is 30.5 Å². The number of pyridine rings is 1. The molecule has 0 saturated heterocycles. The van der Waals surface area contributed by atoms with Gasteiger partial charge in [0.15, 0.2) is 0 Å². The first kappa shape index (κ1) is 28.5. The number of benzene rings is 6. The Labute approximate surface area is 291 Å². The second kappa shape index (κ2) is 11.3. The van der Waals surface area contributed by atoms with E-state index in [9.17, 15) is 0 Å². The summed E-state index contributed by atoms with van der Waals surface area (Å²) in [5.41, 5.74) is 14.0. The number of hydrogen-bond donors (Lipinski definition) is 1. The molecule has 1 atom stereocenters. The van der Waals surface area contributed by atoms with E-state index < -0.39 is 5.41 Å². The normalized spacial score (nSPS) is 16.1. The summed E-state index contributed by atoms with van der Waals surface area (Å²) in [4.78, 5) is 9.95. The number of allylic oxidation sites excluding steroid dienone is 1. The third-order valence-corrected chi connectivity index (χ3v) is 10.3. The van der Waals surface area contributed by atoms with Crippen molar-refractivity contribution in [2.45, 2.75) is 11.6 Å². The fraction of sp³-hybridized carbons (Fsp3) is 0.0435. The van der Waals surface area contributed by atoms with Gasteiger partial charge in [0.1, 0.15) is 17.7 Å². The number of aliphatic imine (C=N–C) groups is 1. The largest absolute Gasteiger partial charge is 0.457 e. The first-order valence-electron chi connectivity index (χ1n) is 17.0. The molecule has 236 valence electrons. The van der Waals surface area contributed by atoms with Gasteiger partial charge < -0.3 is 10.1 Å². The topological polar surface area (TPSA) is 46.5 Å². The van der Waals surface area contributed by atoms with Gasteiger partial charge in [-0.1, -0.05) is 140 Å². The number of nitrogens with zero attached hydrogens (tertiary/aromatic N) is 2. The van der Waals surface area contributed by atoms with Crippen LogP contribution in [0.25, 0.3) is 28.0 Å². The van der Waals surface area contributed by atoms with Crippen LogP contribution < -0.4 is 10.1 Å². The highest BCUT2D eigenvalue weighted by Crippen LogP contribution is 2.62. The Morgan fingerprint density at radius 2 is 1.16 bits per heavy atom. The van der Waals surface area contributed by atoms with Gasteiger partial charge in [0.2, 0.25) is 0 Å². The minimum absolute atomic E-state index is 0.332. The monoisotopic (exact) mass is 641 g/mol. The highest BCUT2D eigenvalue weighted by Gasteiger charge is 2.50. The van der Waals surface area contributed by atoms with Gasteiger partial charge in [-0.2, -0.15) is 0 Å². The van der Waals surface area contributed by atoms with E-state index in [0.717, 1.165) is 56.4 Å². The summed E-state index contributed by atoms with van der Waals surface area (Å²) in [6.07, 6.45) is 3.59. The lowest BCUT2D eigenvalue weighted by Crippen LogP contribution is -2.32. The summed E-state index contributed by atoms with van der Waals surface area (Å²) < 4.78 is 6.83. The maximum Gasteiger partial charge on any atom is 0.146 e. The minimum atomic E-state index is -0.488. The smallest absolute Gasteiger partial charge is 0.146 e. The van der Waals surface area contributed by atoms with Crippen LogP contribution in [-0.2, 0) is 5.41 Å². The quantitative estimate of drug-likeness (QED) is 0.208. The number of rotatable bonds is 4. The lowest BCUT2D eigenvalue weighted by molar-refractivity contribution is 0.436. The SMILES string of the molecule is C1=C(c2ccccn2)NC(c2ccccc2-c2ccc3c(c2)Oc2ccccc2C32c3ccccc3-c3ccccc32)N=C1c1ccccc1. The number of fused-ring (bicyclic) bond motifs is 9. The zero-order valence-corrected chi connectivity index (χ0v) is 27.1. The molecule has 1 aromatic heterocycles. The van der Waals surface area contributed by atoms with Gasteiger partial charge in [0.25, 0.3) is 0 Å². The molecule has 1 unspecified atom stereocenters. The van der Waals surface area contributed by atoms with Crippen LogP contribution in [0.4, 0.5) is 0 Å². The molecule has 6 aromatic carbocycles. The Kier molecular flexibility index (Phi) is 6.43. The molecule has 4 heteroatoms. The van der Waals surface area contributed by atoms with E-state index in [0.29, 0.717) is 0 Å². The number of nitrogens with one attached hydrogen (secondary N) is 1. The maximum atomic E-state index is 6.83. The molecule has 0 bridgehead atoms. The number of para-hydroxylation sites is 1. The maximum absolute atomic E-state index is 6.83. The van der Waals surface area contributed by atoms with Crippen LogP contribution in [0.2, 0.25) is 0 Å². The van der Waals surface area contributed by atoms with Crippen LogP contribution in [0.5, 0.6) is 11.5 Å². The molecule has 0 amide bonds. The summed E-state index contributed by atoms with van der Waals surface area (Å²) >= 11 is 0. The zero-order valence-electron chi connectivity index (χ0n) is 27.1. The summed E-state index contributed by atoms with van der Waals surface area (Å²) in [5.74, 6) is 1.75. The van der Waals surface area contributed by atoms with Gasteiger partial charge in [-0.15, -0.1) is 0 Å². The molecular formula is C46H31N3O. The fourth-order valence-corrected chi connectivity index (χ4v) is 8.15. The van der Waals surface area contributed by atoms with E-state index in [4.69, 9.17) is 9.73 Å². The van der Waals surface area contributed by atoms with Crippen LogP contribution >= 0.6 is 0 Å². The third-order valence-electron chi connectivity index (χ3n) is 10.3. The molecule has 10 rings (SSSR count). The van der Waals surface area contributed by atoms with Crippen molar-refractivity contribution in [1.29, 1.82) is 0 Å². The van der Waals surface area contributed by atoms with Crippen molar-refractivity contribution in [1.82, 2.24) is 10.3 Å². The summed E-state index contributed by atoms with van der Waals surface area (Å²) in [7, 11) is 0. The Hall–Kier alpha value is -6.52. The van der Waals surface area contributed by atoms with Crippen LogP contribution in [0.1, 0.15) is 45.2 Å². The average Bonchev–Trinajstić information content (AvgIpc) is 3.49. The molecule has 50 heavy (non-hydrogen) atoms. The molecule has 1 spiro atoms. The molecule has 3 heterocycles.